The van der Waals surface area contributed by atoms with Crippen LogP contribution in [-0.2, 0) is 0 Å². The van der Waals surface area contributed by atoms with Gasteiger partial charge < -0.3 is 13.7 Å². The van der Waals surface area contributed by atoms with Gasteiger partial charge in [0.25, 0.3) is 0 Å². The van der Waals surface area contributed by atoms with Crippen molar-refractivity contribution in [2.24, 2.45) is 5.10 Å². The maximum atomic E-state index is 11.6. The average Bonchev–Trinajstić information content (AvgIpc) is 3.20. The summed E-state index contributed by atoms with van der Waals surface area (Å²) in [6.45, 7) is 2.00. The Bertz CT molecular complexity index is 642. The van der Waals surface area contributed by atoms with Crippen LogP contribution in [0.15, 0.2) is 42.9 Å². The highest BCUT2D eigenvalue weighted by Crippen LogP contribution is 2.31. The molecule has 0 aromatic carbocycles. The summed E-state index contributed by atoms with van der Waals surface area (Å²) in [5.74, 6) is 1.20. The third-order valence-corrected chi connectivity index (χ3v) is 3.75. The van der Waals surface area contributed by atoms with Crippen LogP contribution in [0.2, 0.25) is 0 Å². The number of amides is 1. The Kier molecular flexibility index (Phi) is 4.10. The van der Waals surface area contributed by atoms with Gasteiger partial charge in [-0.15, -0.1) is 0 Å². The summed E-state index contributed by atoms with van der Waals surface area (Å²) in [7, 11) is 0. The molecule has 0 unspecified atom stereocenters. The molecule has 6 nitrogen and oxygen atoms in total. The molecule has 1 aliphatic heterocycles. The van der Waals surface area contributed by atoms with Crippen LogP contribution in [0.25, 0.3) is 0 Å². The van der Waals surface area contributed by atoms with Gasteiger partial charge in [-0.3, -0.25) is 4.79 Å². The number of halogens is 1. The molecule has 0 saturated carbocycles. The van der Waals surface area contributed by atoms with Crippen LogP contribution in [0.5, 0.6) is 0 Å². The van der Waals surface area contributed by atoms with E-state index in [0.717, 1.165) is 23.4 Å². The first kappa shape index (κ1) is 13.9. The number of nitrogens with one attached hydrogen (secondary N) is 1. The summed E-state index contributed by atoms with van der Waals surface area (Å²) < 4.78 is 11.6. The standard InChI is InChI=1S/C14H14BrN3O3/c15-11-8-10(21-14(11)18-5-1-2-6-18)9-16-17-13(19)12-4-3-7-20-12/h3-4,7-9H,1-2,5-6H2,(H,17,19)/b16-9+. The topological polar surface area (TPSA) is 71.0 Å². The van der Waals surface area contributed by atoms with Crippen molar-refractivity contribution < 1.29 is 13.6 Å². The minimum atomic E-state index is -0.401. The second-order valence-corrected chi connectivity index (χ2v) is 5.53. The Balaban J connectivity index is 1.63. The third-order valence-electron chi connectivity index (χ3n) is 3.18. The summed E-state index contributed by atoms with van der Waals surface area (Å²) >= 11 is 3.48. The second-order valence-electron chi connectivity index (χ2n) is 4.67. The van der Waals surface area contributed by atoms with E-state index in [1.54, 1.807) is 12.1 Å². The summed E-state index contributed by atoms with van der Waals surface area (Å²) in [4.78, 5) is 13.8. The van der Waals surface area contributed by atoms with Gasteiger partial charge in [0.2, 0.25) is 5.88 Å². The fourth-order valence-corrected chi connectivity index (χ4v) is 2.75. The van der Waals surface area contributed by atoms with Crippen molar-refractivity contribution in [1.29, 1.82) is 0 Å². The van der Waals surface area contributed by atoms with Gasteiger partial charge in [0, 0.05) is 19.2 Å². The van der Waals surface area contributed by atoms with Crippen LogP contribution in [0.1, 0.15) is 29.2 Å². The Morgan fingerprint density at radius 3 is 2.95 bits per heavy atom. The molecule has 3 rings (SSSR count). The largest absolute Gasteiger partial charge is 0.459 e. The van der Waals surface area contributed by atoms with Gasteiger partial charge in [0.05, 0.1) is 17.0 Å². The van der Waals surface area contributed by atoms with Crippen LogP contribution in [0, 0.1) is 0 Å². The quantitative estimate of drug-likeness (QED) is 0.678. The second kappa shape index (κ2) is 6.17. The average molecular weight is 352 g/mol. The number of carbonyl (C=O) groups excluding carboxylic acids is 1. The number of nitrogens with zero attached hydrogens (tertiary/aromatic N) is 2. The maximum Gasteiger partial charge on any atom is 0.307 e. The van der Waals surface area contributed by atoms with E-state index in [1.165, 1.54) is 25.3 Å². The third kappa shape index (κ3) is 3.18. The summed E-state index contributed by atoms with van der Waals surface area (Å²) in [6, 6.07) is 5.04. The number of anilines is 1. The molecule has 0 atom stereocenters. The van der Waals surface area contributed by atoms with Crippen molar-refractivity contribution in [3.8, 4) is 0 Å². The molecule has 1 aliphatic rings. The first-order valence-corrected chi connectivity index (χ1v) is 7.44. The van der Waals surface area contributed by atoms with Crippen molar-refractivity contribution in [2.45, 2.75) is 12.8 Å². The molecule has 7 heteroatoms. The van der Waals surface area contributed by atoms with E-state index in [-0.39, 0.29) is 5.76 Å². The monoisotopic (exact) mass is 351 g/mol. The van der Waals surface area contributed by atoms with Crippen LogP contribution in [-0.4, -0.2) is 25.2 Å². The molecule has 3 heterocycles. The molecule has 110 valence electrons. The zero-order chi connectivity index (χ0) is 14.7. The predicted octanol–water partition coefficient (Wildman–Crippen LogP) is 3.00. The van der Waals surface area contributed by atoms with E-state index < -0.39 is 5.91 Å². The predicted molar refractivity (Wildman–Crippen MR) is 81.6 cm³/mol. The molecule has 0 radical (unpaired) electrons. The van der Waals surface area contributed by atoms with Gasteiger partial charge in [0.15, 0.2) is 11.5 Å². The molecule has 1 N–H and O–H groups in total. The Morgan fingerprint density at radius 1 is 1.43 bits per heavy atom. The molecular formula is C14H14BrN3O3. The normalized spacial score (nSPS) is 15.0. The first-order chi connectivity index (χ1) is 10.2. The van der Waals surface area contributed by atoms with Gasteiger partial charge in [-0.05, 0) is 40.9 Å². The molecule has 1 saturated heterocycles. The molecule has 2 aromatic rings. The molecule has 2 aromatic heterocycles. The van der Waals surface area contributed by atoms with Crippen molar-refractivity contribution in [2.75, 3.05) is 18.0 Å². The molecule has 1 amide bonds. The lowest BCUT2D eigenvalue weighted by Gasteiger charge is -2.13. The maximum absolute atomic E-state index is 11.6. The lowest BCUT2D eigenvalue weighted by molar-refractivity contribution is 0.0927. The number of hydrogen-bond donors (Lipinski definition) is 1. The number of hydrazone groups is 1. The van der Waals surface area contributed by atoms with Crippen molar-refractivity contribution in [3.63, 3.8) is 0 Å². The van der Waals surface area contributed by atoms with Gasteiger partial charge in [-0.2, -0.15) is 5.10 Å². The van der Waals surface area contributed by atoms with E-state index in [0.29, 0.717) is 5.76 Å². The molecule has 0 spiro atoms. The Morgan fingerprint density at radius 2 is 2.24 bits per heavy atom. The molecule has 1 fully saturated rings. The number of carbonyl (C=O) groups is 1. The van der Waals surface area contributed by atoms with Gasteiger partial charge in [-0.25, -0.2) is 5.43 Å². The smallest absolute Gasteiger partial charge is 0.307 e. The van der Waals surface area contributed by atoms with E-state index in [2.05, 4.69) is 31.4 Å². The highest BCUT2D eigenvalue weighted by Gasteiger charge is 2.19. The highest BCUT2D eigenvalue weighted by molar-refractivity contribution is 9.10. The lowest BCUT2D eigenvalue weighted by atomic mass is 10.4. The highest BCUT2D eigenvalue weighted by atomic mass is 79.9. The minimum Gasteiger partial charge on any atom is -0.459 e. The zero-order valence-electron chi connectivity index (χ0n) is 11.2. The van der Waals surface area contributed by atoms with E-state index >= 15 is 0 Å². The Labute approximate surface area is 129 Å². The fourth-order valence-electron chi connectivity index (χ4n) is 2.19. The summed E-state index contributed by atoms with van der Waals surface area (Å²) in [5, 5.41) is 3.86. The zero-order valence-corrected chi connectivity index (χ0v) is 12.8. The van der Waals surface area contributed by atoms with Crippen molar-refractivity contribution >= 4 is 33.9 Å². The number of hydrogen-bond acceptors (Lipinski definition) is 5. The minimum absolute atomic E-state index is 0.213. The van der Waals surface area contributed by atoms with Gasteiger partial charge >= 0.3 is 5.91 Å². The van der Waals surface area contributed by atoms with Crippen LogP contribution >= 0.6 is 15.9 Å². The van der Waals surface area contributed by atoms with Crippen molar-refractivity contribution in [3.05, 3.63) is 40.5 Å². The summed E-state index contributed by atoms with van der Waals surface area (Å²) in [5.41, 5.74) is 2.38. The lowest BCUT2D eigenvalue weighted by Crippen LogP contribution is -2.17. The van der Waals surface area contributed by atoms with Crippen molar-refractivity contribution in [1.82, 2.24) is 5.43 Å². The molecular weight excluding hydrogens is 338 g/mol. The molecule has 0 aliphatic carbocycles. The fraction of sp³-hybridized carbons (Fsp3) is 0.286. The van der Waals surface area contributed by atoms with Gasteiger partial charge in [0.1, 0.15) is 0 Å². The van der Waals surface area contributed by atoms with Crippen LogP contribution < -0.4 is 10.3 Å². The molecule has 21 heavy (non-hydrogen) atoms. The Hall–Kier alpha value is -2.02. The first-order valence-electron chi connectivity index (χ1n) is 6.65. The van der Waals surface area contributed by atoms with E-state index in [9.17, 15) is 4.79 Å². The van der Waals surface area contributed by atoms with Crippen LogP contribution in [0.4, 0.5) is 5.88 Å². The van der Waals surface area contributed by atoms with E-state index in [1.807, 2.05) is 6.07 Å². The molecule has 0 bridgehead atoms. The summed E-state index contributed by atoms with van der Waals surface area (Å²) in [6.07, 6.45) is 5.25. The number of furan rings is 2. The van der Waals surface area contributed by atoms with E-state index in [4.69, 9.17) is 8.83 Å². The van der Waals surface area contributed by atoms with Crippen LogP contribution in [0.3, 0.4) is 0 Å². The van der Waals surface area contributed by atoms with Gasteiger partial charge in [-0.1, -0.05) is 0 Å². The SMILES string of the molecule is O=C(N/N=C/c1cc(Br)c(N2CCCC2)o1)c1ccco1. The number of rotatable bonds is 4.